The predicted molar refractivity (Wildman–Crippen MR) is 76.9 cm³/mol. The van der Waals surface area contributed by atoms with E-state index >= 15 is 0 Å². The van der Waals surface area contributed by atoms with Gasteiger partial charge in [-0.05, 0) is 19.9 Å². The Labute approximate surface area is 115 Å². The number of piperazine rings is 1. The van der Waals surface area contributed by atoms with E-state index in [0.29, 0.717) is 12.1 Å². The first-order valence-electron chi connectivity index (χ1n) is 6.84. The van der Waals surface area contributed by atoms with Gasteiger partial charge in [-0.3, -0.25) is 4.90 Å². The maximum absolute atomic E-state index is 5.47. The van der Waals surface area contributed by atoms with Crippen molar-refractivity contribution in [2.75, 3.05) is 27.3 Å². The minimum Gasteiger partial charge on any atom is -0.497 e. The van der Waals surface area contributed by atoms with Gasteiger partial charge in [-0.1, -0.05) is 6.07 Å². The highest BCUT2D eigenvalue weighted by atomic mass is 16.5. The van der Waals surface area contributed by atoms with E-state index in [0.717, 1.165) is 31.1 Å². The van der Waals surface area contributed by atoms with Crippen LogP contribution >= 0.6 is 0 Å². The largest absolute Gasteiger partial charge is 0.497 e. The van der Waals surface area contributed by atoms with Crippen LogP contribution in [0, 0.1) is 0 Å². The SMILES string of the molecule is COc1ccc(CN2CCNC(C)C2C)c(OC)c1. The number of benzene rings is 1. The fourth-order valence-corrected chi connectivity index (χ4v) is 2.55. The summed E-state index contributed by atoms with van der Waals surface area (Å²) in [5.74, 6) is 1.74. The van der Waals surface area contributed by atoms with Crippen molar-refractivity contribution < 1.29 is 9.47 Å². The van der Waals surface area contributed by atoms with E-state index < -0.39 is 0 Å². The Hall–Kier alpha value is -1.26. The van der Waals surface area contributed by atoms with Gasteiger partial charge >= 0.3 is 0 Å². The first kappa shape index (κ1) is 14.2. The van der Waals surface area contributed by atoms with Crippen LogP contribution in [0.3, 0.4) is 0 Å². The zero-order valence-electron chi connectivity index (χ0n) is 12.3. The van der Waals surface area contributed by atoms with E-state index in [1.54, 1.807) is 14.2 Å². The molecule has 0 aliphatic carbocycles. The first-order chi connectivity index (χ1) is 9.15. The summed E-state index contributed by atoms with van der Waals surface area (Å²) in [5, 5.41) is 3.50. The van der Waals surface area contributed by atoms with Crippen LogP contribution < -0.4 is 14.8 Å². The highest BCUT2D eigenvalue weighted by molar-refractivity contribution is 5.40. The van der Waals surface area contributed by atoms with Gasteiger partial charge in [0, 0.05) is 43.3 Å². The number of nitrogens with zero attached hydrogens (tertiary/aromatic N) is 1. The van der Waals surface area contributed by atoms with Crippen molar-refractivity contribution >= 4 is 0 Å². The molecule has 1 aliphatic rings. The zero-order valence-corrected chi connectivity index (χ0v) is 12.3. The fraction of sp³-hybridized carbons (Fsp3) is 0.600. The lowest BCUT2D eigenvalue weighted by molar-refractivity contribution is 0.129. The smallest absolute Gasteiger partial charge is 0.127 e. The first-order valence-corrected chi connectivity index (χ1v) is 6.84. The number of ether oxygens (including phenoxy) is 2. The molecule has 1 saturated heterocycles. The van der Waals surface area contributed by atoms with E-state index in [2.05, 4.69) is 30.1 Å². The standard InChI is InChI=1S/C15H24N2O2/c1-11-12(2)17(8-7-16-11)10-13-5-6-14(18-3)9-15(13)19-4/h5-6,9,11-12,16H,7-8,10H2,1-4H3. The fourth-order valence-electron chi connectivity index (χ4n) is 2.55. The molecule has 2 unspecified atom stereocenters. The summed E-state index contributed by atoms with van der Waals surface area (Å²) in [6.45, 7) is 7.54. The van der Waals surface area contributed by atoms with Crippen LogP contribution in [0.5, 0.6) is 11.5 Å². The second kappa shape index (κ2) is 6.26. The summed E-state index contributed by atoms with van der Waals surface area (Å²) in [6, 6.07) is 7.09. The molecular weight excluding hydrogens is 240 g/mol. The summed E-state index contributed by atoms with van der Waals surface area (Å²) in [4.78, 5) is 2.49. The van der Waals surface area contributed by atoms with Crippen LogP contribution in [0.15, 0.2) is 18.2 Å². The highest BCUT2D eigenvalue weighted by Gasteiger charge is 2.24. The maximum atomic E-state index is 5.47. The lowest BCUT2D eigenvalue weighted by Gasteiger charge is -2.38. The van der Waals surface area contributed by atoms with Crippen LogP contribution in [-0.2, 0) is 6.54 Å². The highest BCUT2D eigenvalue weighted by Crippen LogP contribution is 2.26. The molecule has 1 aromatic rings. The number of nitrogens with one attached hydrogen (secondary N) is 1. The summed E-state index contributed by atoms with van der Waals surface area (Å²) in [5.41, 5.74) is 1.21. The minimum atomic E-state index is 0.526. The zero-order chi connectivity index (χ0) is 13.8. The Morgan fingerprint density at radius 1 is 1.26 bits per heavy atom. The monoisotopic (exact) mass is 264 g/mol. The van der Waals surface area contributed by atoms with Crippen molar-refractivity contribution in [1.82, 2.24) is 10.2 Å². The van der Waals surface area contributed by atoms with Crippen LogP contribution in [0.2, 0.25) is 0 Å². The average molecular weight is 264 g/mol. The van der Waals surface area contributed by atoms with Gasteiger partial charge in [0.25, 0.3) is 0 Å². The molecule has 1 fully saturated rings. The molecular formula is C15H24N2O2. The second-order valence-corrected chi connectivity index (χ2v) is 5.13. The average Bonchev–Trinajstić information content (AvgIpc) is 2.44. The molecule has 0 spiro atoms. The predicted octanol–water partition coefficient (Wildman–Crippen LogP) is 1.89. The Bertz CT molecular complexity index is 423. The van der Waals surface area contributed by atoms with Gasteiger partial charge in [-0.15, -0.1) is 0 Å². The summed E-state index contributed by atoms with van der Waals surface area (Å²) in [6.07, 6.45) is 0. The van der Waals surface area contributed by atoms with Crippen molar-refractivity contribution in [3.05, 3.63) is 23.8 Å². The van der Waals surface area contributed by atoms with Crippen molar-refractivity contribution in [1.29, 1.82) is 0 Å². The molecule has 0 aromatic heterocycles. The molecule has 0 bridgehead atoms. The van der Waals surface area contributed by atoms with Gasteiger partial charge in [-0.2, -0.15) is 0 Å². The third-order valence-electron chi connectivity index (χ3n) is 4.03. The van der Waals surface area contributed by atoms with E-state index in [9.17, 15) is 0 Å². The van der Waals surface area contributed by atoms with E-state index in [1.165, 1.54) is 5.56 Å². The number of hydrogen-bond acceptors (Lipinski definition) is 4. The van der Waals surface area contributed by atoms with Gasteiger partial charge in [0.05, 0.1) is 14.2 Å². The van der Waals surface area contributed by atoms with E-state index in [-0.39, 0.29) is 0 Å². The summed E-state index contributed by atoms with van der Waals surface area (Å²) >= 11 is 0. The Balaban J connectivity index is 2.13. The molecule has 4 nitrogen and oxygen atoms in total. The molecule has 1 aliphatic heterocycles. The van der Waals surface area contributed by atoms with Crippen molar-refractivity contribution in [2.45, 2.75) is 32.5 Å². The number of methoxy groups -OCH3 is 2. The van der Waals surface area contributed by atoms with Gasteiger partial charge in [0.1, 0.15) is 11.5 Å². The molecule has 0 radical (unpaired) electrons. The number of rotatable bonds is 4. The molecule has 0 amide bonds. The quantitative estimate of drug-likeness (QED) is 0.900. The van der Waals surface area contributed by atoms with Gasteiger partial charge in [0.15, 0.2) is 0 Å². The summed E-state index contributed by atoms with van der Waals surface area (Å²) < 4.78 is 10.7. The molecule has 106 valence electrons. The lowest BCUT2D eigenvalue weighted by atomic mass is 10.1. The molecule has 1 N–H and O–H groups in total. The molecule has 0 saturated carbocycles. The lowest BCUT2D eigenvalue weighted by Crippen LogP contribution is -2.54. The van der Waals surface area contributed by atoms with Gasteiger partial charge in [0.2, 0.25) is 0 Å². The molecule has 2 rings (SSSR count). The maximum Gasteiger partial charge on any atom is 0.127 e. The van der Waals surface area contributed by atoms with Crippen LogP contribution in [0.25, 0.3) is 0 Å². The molecule has 19 heavy (non-hydrogen) atoms. The Kier molecular flexibility index (Phi) is 4.66. The Morgan fingerprint density at radius 3 is 2.74 bits per heavy atom. The van der Waals surface area contributed by atoms with Crippen molar-refractivity contribution in [2.24, 2.45) is 0 Å². The second-order valence-electron chi connectivity index (χ2n) is 5.13. The van der Waals surface area contributed by atoms with Crippen LogP contribution in [0.4, 0.5) is 0 Å². The van der Waals surface area contributed by atoms with E-state index in [1.807, 2.05) is 12.1 Å². The normalized spacial score (nSPS) is 24.2. The van der Waals surface area contributed by atoms with Crippen molar-refractivity contribution in [3.63, 3.8) is 0 Å². The third-order valence-corrected chi connectivity index (χ3v) is 4.03. The molecule has 4 heteroatoms. The van der Waals surface area contributed by atoms with Crippen LogP contribution in [-0.4, -0.2) is 44.3 Å². The Morgan fingerprint density at radius 2 is 2.05 bits per heavy atom. The van der Waals surface area contributed by atoms with Crippen molar-refractivity contribution in [3.8, 4) is 11.5 Å². The van der Waals surface area contributed by atoms with Gasteiger partial charge in [-0.25, -0.2) is 0 Å². The molecule has 1 heterocycles. The minimum absolute atomic E-state index is 0.526. The topological polar surface area (TPSA) is 33.7 Å². The van der Waals surface area contributed by atoms with Crippen LogP contribution in [0.1, 0.15) is 19.4 Å². The van der Waals surface area contributed by atoms with Gasteiger partial charge < -0.3 is 14.8 Å². The molecule has 2 atom stereocenters. The summed E-state index contributed by atoms with van der Waals surface area (Å²) in [7, 11) is 3.39. The third kappa shape index (κ3) is 3.19. The number of hydrogen-bond donors (Lipinski definition) is 1. The molecule has 1 aromatic carbocycles. The van der Waals surface area contributed by atoms with E-state index in [4.69, 9.17) is 9.47 Å².